The van der Waals surface area contributed by atoms with E-state index >= 15 is 0 Å². The molecule has 1 aromatic rings. The van der Waals surface area contributed by atoms with Gasteiger partial charge in [0.2, 0.25) is 0 Å². The first-order chi connectivity index (χ1) is 8.86. The van der Waals surface area contributed by atoms with Crippen LogP contribution in [0.25, 0.3) is 0 Å². The standard InChI is InChI=1S/C14H20N2O2/c15-16-13(9-12-2-1-6-17-12)10-3-4-14-11(8-10)5-7-18-14/h3-4,8,12-13,16H,1-2,5-7,9,15H2. The van der Waals surface area contributed by atoms with Crippen molar-refractivity contribution in [3.05, 3.63) is 29.3 Å². The molecule has 3 rings (SSSR count). The molecule has 2 aliphatic rings. The van der Waals surface area contributed by atoms with Crippen molar-refractivity contribution in [1.82, 2.24) is 5.43 Å². The van der Waals surface area contributed by atoms with Gasteiger partial charge in [0.25, 0.3) is 0 Å². The summed E-state index contributed by atoms with van der Waals surface area (Å²) in [6.07, 6.45) is 4.60. The van der Waals surface area contributed by atoms with E-state index in [9.17, 15) is 0 Å². The number of hydrogen-bond acceptors (Lipinski definition) is 4. The largest absolute Gasteiger partial charge is 0.493 e. The molecule has 3 N–H and O–H groups in total. The monoisotopic (exact) mass is 248 g/mol. The minimum absolute atomic E-state index is 0.166. The molecule has 98 valence electrons. The van der Waals surface area contributed by atoms with Crippen LogP contribution in [0.2, 0.25) is 0 Å². The zero-order chi connectivity index (χ0) is 12.4. The van der Waals surface area contributed by atoms with Crippen molar-refractivity contribution in [2.45, 2.75) is 37.8 Å². The summed E-state index contributed by atoms with van der Waals surface area (Å²) in [4.78, 5) is 0. The van der Waals surface area contributed by atoms with Crippen molar-refractivity contribution in [3.8, 4) is 5.75 Å². The van der Waals surface area contributed by atoms with Crippen molar-refractivity contribution in [1.29, 1.82) is 0 Å². The number of ether oxygens (including phenoxy) is 2. The number of rotatable bonds is 4. The van der Waals surface area contributed by atoms with Crippen molar-refractivity contribution in [3.63, 3.8) is 0 Å². The highest BCUT2D eigenvalue weighted by atomic mass is 16.5. The lowest BCUT2D eigenvalue weighted by Gasteiger charge is -2.20. The highest BCUT2D eigenvalue weighted by molar-refractivity contribution is 5.40. The lowest BCUT2D eigenvalue weighted by Crippen LogP contribution is -2.30. The summed E-state index contributed by atoms with van der Waals surface area (Å²) in [7, 11) is 0. The molecule has 0 amide bonds. The predicted molar refractivity (Wildman–Crippen MR) is 69.3 cm³/mol. The third kappa shape index (κ3) is 2.36. The Balaban J connectivity index is 1.74. The van der Waals surface area contributed by atoms with Gasteiger partial charge >= 0.3 is 0 Å². The van der Waals surface area contributed by atoms with Gasteiger partial charge in [-0.2, -0.15) is 0 Å². The Morgan fingerprint density at radius 2 is 2.33 bits per heavy atom. The summed E-state index contributed by atoms with van der Waals surface area (Å²) >= 11 is 0. The molecule has 0 bridgehead atoms. The van der Waals surface area contributed by atoms with Crippen molar-refractivity contribution in [2.24, 2.45) is 5.84 Å². The maximum absolute atomic E-state index is 5.69. The van der Waals surface area contributed by atoms with Gasteiger partial charge in [-0.3, -0.25) is 11.3 Å². The summed E-state index contributed by atoms with van der Waals surface area (Å²) in [5.74, 6) is 6.71. The second-order valence-corrected chi connectivity index (χ2v) is 5.06. The third-order valence-corrected chi connectivity index (χ3v) is 3.84. The second-order valence-electron chi connectivity index (χ2n) is 5.06. The summed E-state index contributed by atoms with van der Waals surface area (Å²) in [5, 5.41) is 0. The minimum atomic E-state index is 0.166. The van der Waals surface area contributed by atoms with Gasteiger partial charge in [0.15, 0.2) is 0 Å². The van der Waals surface area contributed by atoms with E-state index in [2.05, 4.69) is 23.6 Å². The smallest absolute Gasteiger partial charge is 0.122 e. The van der Waals surface area contributed by atoms with E-state index in [1.807, 2.05) is 0 Å². The molecule has 1 fully saturated rings. The molecule has 4 nitrogen and oxygen atoms in total. The molecule has 0 aromatic heterocycles. The fourth-order valence-electron chi connectivity index (χ4n) is 2.82. The number of fused-ring (bicyclic) bond motifs is 1. The first-order valence-corrected chi connectivity index (χ1v) is 6.70. The lowest BCUT2D eigenvalue weighted by molar-refractivity contribution is 0.0946. The van der Waals surface area contributed by atoms with Gasteiger partial charge in [0.1, 0.15) is 5.75 Å². The van der Waals surface area contributed by atoms with Crippen LogP contribution in [-0.2, 0) is 11.2 Å². The molecule has 0 saturated carbocycles. The molecule has 0 spiro atoms. The van der Waals surface area contributed by atoms with Gasteiger partial charge in [0, 0.05) is 19.1 Å². The zero-order valence-corrected chi connectivity index (χ0v) is 10.5. The highest BCUT2D eigenvalue weighted by Crippen LogP contribution is 2.30. The van der Waals surface area contributed by atoms with E-state index in [1.54, 1.807) is 0 Å². The van der Waals surface area contributed by atoms with E-state index in [-0.39, 0.29) is 6.04 Å². The highest BCUT2D eigenvalue weighted by Gasteiger charge is 2.22. The molecule has 0 radical (unpaired) electrons. The van der Waals surface area contributed by atoms with E-state index in [4.69, 9.17) is 15.3 Å². The molecule has 2 aliphatic heterocycles. The molecule has 2 unspecified atom stereocenters. The average Bonchev–Trinajstić information content (AvgIpc) is 3.06. The molecule has 2 heterocycles. The number of benzene rings is 1. The van der Waals surface area contributed by atoms with Gasteiger partial charge in [-0.25, -0.2) is 0 Å². The maximum atomic E-state index is 5.69. The van der Waals surface area contributed by atoms with Crippen LogP contribution >= 0.6 is 0 Å². The molecule has 0 aliphatic carbocycles. The average molecular weight is 248 g/mol. The summed E-state index contributed by atoms with van der Waals surface area (Å²) in [5.41, 5.74) is 5.44. The Kier molecular flexibility index (Phi) is 3.50. The van der Waals surface area contributed by atoms with Crippen LogP contribution in [0.1, 0.15) is 36.4 Å². The van der Waals surface area contributed by atoms with Crippen LogP contribution in [0, 0.1) is 0 Å². The maximum Gasteiger partial charge on any atom is 0.122 e. The SMILES string of the molecule is NNC(CC1CCCO1)c1ccc2c(c1)CCO2. The summed E-state index contributed by atoms with van der Waals surface area (Å²) < 4.78 is 11.2. The number of hydrazine groups is 1. The summed E-state index contributed by atoms with van der Waals surface area (Å²) in [6.45, 7) is 1.69. The Morgan fingerprint density at radius 3 is 3.11 bits per heavy atom. The molecular weight excluding hydrogens is 228 g/mol. The molecule has 1 saturated heterocycles. The normalized spacial score (nSPS) is 23.7. The first-order valence-electron chi connectivity index (χ1n) is 6.70. The van der Waals surface area contributed by atoms with Gasteiger partial charge in [-0.15, -0.1) is 0 Å². The first kappa shape index (κ1) is 12.0. The van der Waals surface area contributed by atoms with Crippen LogP contribution in [0.4, 0.5) is 0 Å². The molecular formula is C14H20N2O2. The van der Waals surface area contributed by atoms with Crippen LogP contribution in [0.3, 0.4) is 0 Å². The van der Waals surface area contributed by atoms with E-state index in [1.165, 1.54) is 17.5 Å². The van der Waals surface area contributed by atoms with E-state index in [0.717, 1.165) is 38.2 Å². The van der Waals surface area contributed by atoms with Gasteiger partial charge in [-0.05, 0) is 36.5 Å². The number of nitrogens with one attached hydrogen (secondary N) is 1. The fraction of sp³-hybridized carbons (Fsp3) is 0.571. The van der Waals surface area contributed by atoms with Gasteiger partial charge in [-0.1, -0.05) is 12.1 Å². The second kappa shape index (κ2) is 5.26. The van der Waals surface area contributed by atoms with Crippen LogP contribution in [-0.4, -0.2) is 19.3 Å². The zero-order valence-electron chi connectivity index (χ0n) is 10.5. The Hall–Kier alpha value is -1.10. The van der Waals surface area contributed by atoms with E-state index < -0.39 is 0 Å². The fourth-order valence-corrected chi connectivity index (χ4v) is 2.82. The van der Waals surface area contributed by atoms with Crippen LogP contribution in [0.15, 0.2) is 18.2 Å². The van der Waals surface area contributed by atoms with Crippen LogP contribution < -0.4 is 16.0 Å². The molecule has 4 heteroatoms. The van der Waals surface area contributed by atoms with Gasteiger partial charge in [0.05, 0.1) is 12.7 Å². The van der Waals surface area contributed by atoms with Crippen molar-refractivity contribution in [2.75, 3.05) is 13.2 Å². The van der Waals surface area contributed by atoms with Crippen molar-refractivity contribution < 1.29 is 9.47 Å². The van der Waals surface area contributed by atoms with Crippen LogP contribution in [0.5, 0.6) is 5.75 Å². The lowest BCUT2D eigenvalue weighted by atomic mass is 9.97. The topological polar surface area (TPSA) is 56.5 Å². The predicted octanol–water partition coefficient (Wildman–Crippen LogP) is 1.69. The molecule has 1 aromatic carbocycles. The summed E-state index contributed by atoms with van der Waals surface area (Å²) in [6, 6.07) is 6.53. The van der Waals surface area contributed by atoms with E-state index in [0.29, 0.717) is 6.10 Å². The van der Waals surface area contributed by atoms with Gasteiger partial charge < -0.3 is 9.47 Å². The Labute approximate surface area is 107 Å². The molecule has 2 atom stereocenters. The minimum Gasteiger partial charge on any atom is -0.493 e. The number of hydrogen-bond donors (Lipinski definition) is 2. The Morgan fingerprint density at radius 1 is 1.39 bits per heavy atom. The third-order valence-electron chi connectivity index (χ3n) is 3.84. The quantitative estimate of drug-likeness (QED) is 0.629. The van der Waals surface area contributed by atoms with Crippen molar-refractivity contribution >= 4 is 0 Å². The number of nitrogens with two attached hydrogens (primary N) is 1. The Bertz CT molecular complexity index is 416. The molecule has 18 heavy (non-hydrogen) atoms.